The first kappa shape index (κ1) is 9.75. The summed E-state index contributed by atoms with van der Waals surface area (Å²) < 4.78 is 0. The first-order chi connectivity index (χ1) is 7.83. The highest BCUT2D eigenvalue weighted by Gasteiger charge is 2.06. The molecule has 0 radical (unpaired) electrons. The minimum Gasteiger partial charge on any atom is -0.255 e. The lowest BCUT2D eigenvalue weighted by Gasteiger charge is -1.92. The van der Waals surface area contributed by atoms with Gasteiger partial charge < -0.3 is 0 Å². The molecule has 0 N–H and O–H groups in total. The molecule has 0 aliphatic carbocycles. The molecule has 78 valence electrons. The van der Waals surface area contributed by atoms with Crippen LogP contribution < -0.4 is 0 Å². The molecule has 3 rings (SSSR count). The van der Waals surface area contributed by atoms with Gasteiger partial charge in [0, 0.05) is 11.6 Å². The van der Waals surface area contributed by atoms with Crippen LogP contribution in [0.4, 0.5) is 0 Å². The Morgan fingerprint density at radius 2 is 2.06 bits per heavy atom. The lowest BCUT2D eigenvalue weighted by Crippen LogP contribution is -1.75. The zero-order valence-corrected chi connectivity index (χ0v) is 9.79. The van der Waals surface area contributed by atoms with Crippen LogP contribution in [-0.4, -0.2) is 9.97 Å². The van der Waals surface area contributed by atoms with Crippen molar-refractivity contribution in [3.63, 3.8) is 0 Å². The molecule has 2 nitrogen and oxygen atoms in total. The summed E-state index contributed by atoms with van der Waals surface area (Å²) in [7, 11) is 0. The van der Waals surface area contributed by atoms with E-state index < -0.39 is 0 Å². The molecule has 4 heteroatoms. The van der Waals surface area contributed by atoms with Gasteiger partial charge in [-0.25, -0.2) is 4.98 Å². The molecule has 3 aromatic rings. The fourth-order valence-corrected chi connectivity index (χ4v) is 2.74. The molecule has 0 saturated heterocycles. The van der Waals surface area contributed by atoms with E-state index in [1.165, 1.54) is 0 Å². The van der Waals surface area contributed by atoms with Gasteiger partial charge in [-0.15, -0.1) is 11.3 Å². The number of halogens is 1. The van der Waals surface area contributed by atoms with Gasteiger partial charge in [-0.3, -0.25) is 4.98 Å². The lowest BCUT2D eigenvalue weighted by atomic mass is 10.2. The van der Waals surface area contributed by atoms with E-state index in [9.17, 15) is 0 Å². The van der Waals surface area contributed by atoms with E-state index in [2.05, 4.69) is 16.0 Å². The maximum atomic E-state index is 5.85. The van der Waals surface area contributed by atoms with Crippen molar-refractivity contribution in [2.75, 3.05) is 0 Å². The highest BCUT2D eigenvalue weighted by Crippen LogP contribution is 2.31. The fourth-order valence-electron chi connectivity index (χ4n) is 1.53. The summed E-state index contributed by atoms with van der Waals surface area (Å²) in [4.78, 5) is 10.7. The molecule has 0 aliphatic rings. The quantitative estimate of drug-likeness (QED) is 0.607. The van der Waals surface area contributed by atoms with E-state index in [0.29, 0.717) is 5.15 Å². The molecule has 16 heavy (non-hydrogen) atoms. The van der Waals surface area contributed by atoms with Crippen molar-refractivity contribution < 1.29 is 0 Å². The van der Waals surface area contributed by atoms with Crippen molar-refractivity contribution in [1.29, 1.82) is 0 Å². The van der Waals surface area contributed by atoms with Crippen molar-refractivity contribution in [1.82, 2.24) is 9.97 Å². The van der Waals surface area contributed by atoms with Crippen LogP contribution in [0.3, 0.4) is 0 Å². The molecule has 0 unspecified atom stereocenters. The van der Waals surface area contributed by atoms with Crippen LogP contribution in [0.1, 0.15) is 0 Å². The zero-order valence-electron chi connectivity index (χ0n) is 8.22. The van der Waals surface area contributed by atoms with Crippen molar-refractivity contribution in [3.05, 3.63) is 47.7 Å². The van der Waals surface area contributed by atoms with E-state index in [4.69, 9.17) is 11.6 Å². The maximum absolute atomic E-state index is 5.85. The third-order valence-corrected chi connectivity index (χ3v) is 3.54. The number of pyridine rings is 2. The number of nitrogens with zero attached hydrogens (tertiary/aromatic N) is 2. The second-order valence-electron chi connectivity index (χ2n) is 3.35. The molecule has 3 heterocycles. The van der Waals surface area contributed by atoms with Crippen LogP contribution in [0.2, 0.25) is 5.15 Å². The van der Waals surface area contributed by atoms with Crippen LogP contribution in [0.15, 0.2) is 42.6 Å². The first-order valence-corrected chi connectivity index (χ1v) is 6.00. The highest BCUT2D eigenvalue weighted by molar-refractivity contribution is 7.21. The van der Waals surface area contributed by atoms with Gasteiger partial charge in [-0.1, -0.05) is 17.7 Å². The largest absolute Gasteiger partial charge is 0.255 e. The van der Waals surface area contributed by atoms with Gasteiger partial charge in [-0.2, -0.15) is 0 Å². The molecule has 0 aromatic carbocycles. The Morgan fingerprint density at radius 3 is 2.88 bits per heavy atom. The van der Waals surface area contributed by atoms with Gasteiger partial charge in [-0.05, 0) is 30.3 Å². The van der Waals surface area contributed by atoms with Crippen molar-refractivity contribution in [2.24, 2.45) is 0 Å². The van der Waals surface area contributed by atoms with Crippen molar-refractivity contribution in [2.45, 2.75) is 0 Å². The van der Waals surface area contributed by atoms with Gasteiger partial charge in [0.15, 0.2) is 0 Å². The standard InChI is InChI=1S/C12H7ClN2S/c13-11-5-4-8-7-10(16-12(8)15-11)9-3-1-2-6-14-9/h1-7H. The van der Waals surface area contributed by atoms with Crippen molar-refractivity contribution in [3.8, 4) is 10.6 Å². The van der Waals surface area contributed by atoms with Crippen LogP contribution in [0.5, 0.6) is 0 Å². The van der Waals surface area contributed by atoms with E-state index in [-0.39, 0.29) is 0 Å². The van der Waals surface area contributed by atoms with E-state index in [1.54, 1.807) is 23.6 Å². The number of hydrogen-bond donors (Lipinski definition) is 0. The van der Waals surface area contributed by atoms with Gasteiger partial charge in [0.2, 0.25) is 0 Å². The Kier molecular flexibility index (Phi) is 2.35. The monoisotopic (exact) mass is 246 g/mol. The predicted molar refractivity (Wildman–Crippen MR) is 67.9 cm³/mol. The van der Waals surface area contributed by atoms with E-state index in [1.807, 2.05) is 24.3 Å². The molecule has 0 amide bonds. The van der Waals surface area contributed by atoms with Gasteiger partial charge >= 0.3 is 0 Å². The number of aromatic nitrogens is 2. The number of fused-ring (bicyclic) bond motifs is 1. The fraction of sp³-hybridized carbons (Fsp3) is 0. The van der Waals surface area contributed by atoms with Crippen molar-refractivity contribution >= 4 is 33.2 Å². The average molecular weight is 247 g/mol. The summed E-state index contributed by atoms with van der Waals surface area (Å²) in [6.45, 7) is 0. The smallest absolute Gasteiger partial charge is 0.130 e. The zero-order chi connectivity index (χ0) is 11.0. The molecular formula is C12H7ClN2S. The van der Waals surface area contributed by atoms with Gasteiger partial charge in [0.05, 0.1) is 10.6 Å². The molecule has 3 aromatic heterocycles. The SMILES string of the molecule is Clc1ccc2cc(-c3ccccn3)sc2n1. The molecule has 0 atom stereocenters. The second kappa shape index (κ2) is 3.85. The third-order valence-electron chi connectivity index (χ3n) is 2.27. The minimum absolute atomic E-state index is 0.530. The predicted octanol–water partition coefficient (Wildman–Crippen LogP) is 4.01. The summed E-state index contributed by atoms with van der Waals surface area (Å²) in [5.74, 6) is 0. The van der Waals surface area contributed by atoms with E-state index in [0.717, 1.165) is 20.8 Å². The summed E-state index contributed by atoms with van der Waals surface area (Å²) >= 11 is 7.46. The minimum atomic E-state index is 0.530. The topological polar surface area (TPSA) is 25.8 Å². The summed E-state index contributed by atoms with van der Waals surface area (Å²) in [5, 5.41) is 1.64. The lowest BCUT2D eigenvalue weighted by molar-refractivity contribution is 1.34. The van der Waals surface area contributed by atoms with E-state index >= 15 is 0 Å². The average Bonchev–Trinajstić information content (AvgIpc) is 2.73. The van der Waals surface area contributed by atoms with Crippen LogP contribution >= 0.6 is 22.9 Å². The van der Waals surface area contributed by atoms with Crippen LogP contribution in [-0.2, 0) is 0 Å². The molecule has 0 bridgehead atoms. The normalized spacial score (nSPS) is 10.8. The van der Waals surface area contributed by atoms with Gasteiger partial charge in [0.1, 0.15) is 9.98 Å². The molecule has 0 aliphatic heterocycles. The number of rotatable bonds is 1. The Labute approximate surface area is 102 Å². The van der Waals surface area contributed by atoms with Crippen LogP contribution in [0.25, 0.3) is 20.8 Å². The third kappa shape index (κ3) is 1.68. The maximum Gasteiger partial charge on any atom is 0.130 e. The molecule has 0 fully saturated rings. The Bertz CT molecular complexity index is 634. The van der Waals surface area contributed by atoms with Gasteiger partial charge in [0.25, 0.3) is 0 Å². The number of thiophene rings is 1. The number of hydrogen-bond acceptors (Lipinski definition) is 3. The van der Waals surface area contributed by atoms with Crippen LogP contribution in [0, 0.1) is 0 Å². The molecule has 0 spiro atoms. The summed E-state index contributed by atoms with van der Waals surface area (Å²) in [6, 6.07) is 11.8. The first-order valence-electron chi connectivity index (χ1n) is 4.80. The highest BCUT2D eigenvalue weighted by atomic mass is 35.5. The Morgan fingerprint density at radius 1 is 1.12 bits per heavy atom. The molecular weight excluding hydrogens is 240 g/mol. The Balaban J connectivity index is 2.19. The Hall–Kier alpha value is -1.45. The molecule has 0 saturated carbocycles. The second-order valence-corrected chi connectivity index (χ2v) is 4.77. The summed E-state index contributed by atoms with van der Waals surface area (Å²) in [5.41, 5.74) is 0.974. The summed E-state index contributed by atoms with van der Waals surface area (Å²) in [6.07, 6.45) is 1.79.